The number of rotatable bonds is 5. The highest BCUT2D eigenvalue weighted by Gasteiger charge is 2.00. The second kappa shape index (κ2) is 7.52. The van der Waals surface area contributed by atoms with Crippen LogP contribution in [0.2, 0.25) is 0 Å². The Labute approximate surface area is 117 Å². The van der Waals surface area contributed by atoms with Gasteiger partial charge in [-0.15, -0.1) is 0 Å². The summed E-state index contributed by atoms with van der Waals surface area (Å²) in [6, 6.07) is 8.79. The Hall–Kier alpha value is -1.89. The molecule has 0 radical (unpaired) electrons. The SMILES string of the molecule is C=C/C(=C\C=C/C)c1ccc(C(C)=NC(C)C)cc1. The molecule has 0 saturated carbocycles. The molecule has 0 spiro atoms. The predicted molar refractivity (Wildman–Crippen MR) is 86.8 cm³/mol. The minimum atomic E-state index is 0.331. The van der Waals surface area contributed by atoms with Crippen molar-refractivity contribution in [2.45, 2.75) is 33.7 Å². The lowest BCUT2D eigenvalue weighted by atomic mass is 10.0. The van der Waals surface area contributed by atoms with Crippen LogP contribution in [0.1, 0.15) is 38.8 Å². The van der Waals surface area contributed by atoms with Gasteiger partial charge < -0.3 is 0 Å². The van der Waals surface area contributed by atoms with Crippen LogP contribution in [0.4, 0.5) is 0 Å². The van der Waals surface area contributed by atoms with Gasteiger partial charge in [0.2, 0.25) is 0 Å². The maximum Gasteiger partial charge on any atom is 0.0446 e. The van der Waals surface area contributed by atoms with E-state index in [1.165, 1.54) is 11.1 Å². The van der Waals surface area contributed by atoms with E-state index in [-0.39, 0.29) is 0 Å². The summed E-state index contributed by atoms with van der Waals surface area (Å²) in [5.74, 6) is 0. The fraction of sp³-hybridized carbons (Fsp3) is 0.278. The minimum absolute atomic E-state index is 0.331. The smallest absolute Gasteiger partial charge is 0.0446 e. The maximum atomic E-state index is 4.56. The predicted octanol–water partition coefficient (Wildman–Crippen LogP) is 5.05. The van der Waals surface area contributed by atoms with Gasteiger partial charge in [0.1, 0.15) is 0 Å². The molecular formula is C18H23N. The average molecular weight is 253 g/mol. The largest absolute Gasteiger partial charge is 0.287 e. The molecule has 0 fully saturated rings. The van der Waals surface area contributed by atoms with Crippen molar-refractivity contribution in [1.29, 1.82) is 0 Å². The molecule has 1 aromatic rings. The third kappa shape index (κ3) is 4.70. The zero-order valence-corrected chi connectivity index (χ0v) is 12.4. The summed E-state index contributed by atoms with van der Waals surface area (Å²) in [4.78, 5) is 4.56. The van der Waals surface area contributed by atoms with Crippen LogP contribution in [0.25, 0.3) is 5.57 Å². The molecule has 19 heavy (non-hydrogen) atoms. The van der Waals surface area contributed by atoms with Crippen molar-refractivity contribution in [1.82, 2.24) is 0 Å². The number of hydrogen-bond donors (Lipinski definition) is 0. The molecule has 0 amide bonds. The van der Waals surface area contributed by atoms with Crippen molar-refractivity contribution < 1.29 is 0 Å². The summed E-state index contributed by atoms with van der Waals surface area (Å²) in [7, 11) is 0. The second-order valence-corrected chi connectivity index (χ2v) is 4.74. The third-order valence-corrected chi connectivity index (χ3v) is 2.78. The zero-order chi connectivity index (χ0) is 14.3. The first-order valence-corrected chi connectivity index (χ1v) is 6.69. The van der Waals surface area contributed by atoms with Gasteiger partial charge in [0.25, 0.3) is 0 Å². The van der Waals surface area contributed by atoms with E-state index in [1.54, 1.807) is 0 Å². The molecule has 1 aromatic carbocycles. The van der Waals surface area contributed by atoms with E-state index >= 15 is 0 Å². The Morgan fingerprint density at radius 2 is 1.74 bits per heavy atom. The average Bonchev–Trinajstić information content (AvgIpc) is 2.39. The zero-order valence-electron chi connectivity index (χ0n) is 12.4. The summed E-state index contributed by atoms with van der Waals surface area (Å²) in [5, 5.41) is 0. The number of aliphatic imine (C=N–C) groups is 1. The molecule has 0 aromatic heterocycles. The number of allylic oxidation sites excluding steroid dienone is 5. The van der Waals surface area contributed by atoms with E-state index in [2.05, 4.69) is 62.7 Å². The molecule has 1 nitrogen and oxygen atoms in total. The van der Waals surface area contributed by atoms with Crippen LogP contribution in [-0.2, 0) is 0 Å². The van der Waals surface area contributed by atoms with Crippen molar-refractivity contribution in [2.75, 3.05) is 0 Å². The Morgan fingerprint density at radius 1 is 1.16 bits per heavy atom. The highest BCUT2D eigenvalue weighted by Crippen LogP contribution is 2.17. The van der Waals surface area contributed by atoms with Crippen LogP contribution in [-0.4, -0.2) is 11.8 Å². The molecule has 1 heteroatoms. The van der Waals surface area contributed by atoms with Gasteiger partial charge in [-0.05, 0) is 44.4 Å². The molecule has 0 N–H and O–H groups in total. The Balaban J connectivity index is 3.02. The van der Waals surface area contributed by atoms with Crippen LogP contribution in [0.5, 0.6) is 0 Å². The van der Waals surface area contributed by atoms with E-state index in [0.29, 0.717) is 6.04 Å². The van der Waals surface area contributed by atoms with E-state index in [4.69, 9.17) is 0 Å². The van der Waals surface area contributed by atoms with Gasteiger partial charge in [0.05, 0.1) is 0 Å². The lowest BCUT2D eigenvalue weighted by Gasteiger charge is -2.06. The first-order valence-electron chi connectivity index (χ1n) is 6.69. The fourth-order valence-electron chi connectivity index (χ4n) is 1.85. The summed E-state index contributed by atoms with van der Waals surface area (Å²) in [5.41, 5.74) is 4.56. The second-order valence-electron chi connectivity index (χ2n) is 4.74. The fourth-order valence-corrected chi connectivity index (χ4v) is 1.85. The first kappa shape index (κ1) is 15.2. The normalized spacial score (nSPS) is 13.3. The number of nitrogens with zero attached hydrogens (tertiary/aromatic N) is 1. The lowest BCUT2D eigenvalue weighted by molar-refractivity contribution is 0.835. The van der Waals surface area contributed by atoms with Gasteiger partial charge in [-0.3, -0.25) is 4.99 Å². The molecular weight excluding hydrogens is 230 g/mol. The molecule has 0 atom stereocenters. The van der Waals surface area contributed by atoms with Gasteiger partial charge in [0.15, 0.2) is 0 Å². The highest BCUT2D eigenvalue weighted by molar-refractivity contribution is 5.99. The van der Waals surface area contributed by atoms with Crippen molar-refractivity contribution in [3.63, 3.8) is 0 Å². The van der Waals surface area contributed by atoms with Crippen LogP contribution >= 0.6 is 0 Å². The molecule has 0 aliphatic rings. The molecule has 0 aliphatic carbocycles. The van der Waals surface area contributed by atoms with Crippen LogP contribution in [0.15, 0.2) is 60.1 Å². The van der Waals surface area contributed by atoms with Crippen LogP contribution in [0, 0.1) is 0 Å². The standard InChI is InChI=1S/C18H23N/c1-6-8-9-16(7-2)18-12-10-17(11-13-18)15(5)19-14(3)4/h6-14H,2H2,1,3-5H3/b8-6-,16-9+,19-15?. The topological polar surface area (TPSA) is 12.4 Å². The minimum Gasteiger partial charge on any atom is -0.287 e. The summed E-state index contributed by atoms with van der Waals surface area (Å²) in [6.07, 6.45) is 7.98. The Morgan fingerprint density at radius 3 is 2.21 bits per heavy atom. The lowest BCUT2D eigenvalue weighted by Crippen LogP contribution is -2.00. The van der Waals surface area contributed by atoms with Gasteiger partial charge in [-0.1, -0.05) is 55.1 Å². The molecule has 0 saturated heterocycles. The van der Waals surface area contributed by atoms with Gasteiger partial charge in [0, 0.05) is 11.8 Å². The quantitative estimate of drug-likeness (QED) is 0.514. The third-order valence-electron chi connectivity index (χ3n) is 2.78. The number of benzene rings is 1. The van der Waals surface area contributed by atoms with Gasteiger partial charge in [-0.25, -0.2) is 0 Å². The van der Waals surface area contributed by atoms with Crippen molar-refractivity contribution >= 4 is 11.3 Å². The van der Waals surface area contributed by atoms with Gasteiger partial charge in [-0.2, -0.15) is 0 Å². The summed E-state index contributed by atoms with van der Waals surface area (Å²) < 4.78 is 0. The summed E-state index contributed by atoms with van der Waals surface area (Å²) in [6.45, 7) is 12.1. The maximum absolute atomic E-state index is 4.56. The van der Waals surface area contributed by atoms with Crippen LogP contribution < -0.4 is 0 Å². The molecule has 0 unspecified atom stereocenters. The Bertz CT molecular complexity index is 499. The molecule has 0 bridgehead atoms. The number of hydrogen-bond acceptors (Lipinski definition) is 1. The molecule has 100 valence electrons. The van der Waals surface area contributed by atoms with Crippen molar-refractivity contribution in [2.24, 2.45) is 4.99 Å². The van der Waals surface area contributed by atoms with E-state index < -0.39 is 0 Å². The molecule has 1 rings (SSSR count). The van der Waals surface area contributed by atoms with Gasteiger partial charge >= 0.3 is 0 Å². The first-order chi connectivity index (χ1) is 9.08. The van der Waals surface area contributed by atoms with Crippen LogP contribution in [0.3, 0.4) is 0 Å². The van der Waals surface area contributed by atoms with Crippen molar-refractivity contribution in [3.05, 3.63) is 66.3 Å². The summed E-state index contributed by atoms with van der Waals surface area (Å²) >= 11 is 0. The highest BCUT2D eigenvalue weighted by atomic mass is 14.8. The molecule has 0 heterocycles. The van der Waals surface area contributed by atoms with E-state index in [9.17, 15) is 0 Å². The van der Waals surface area contributed by atoms with E-state index in [1.807, 2.05) is 25.2 Å². The Kier molecular flexibility index (Phi) is 6.01. The monoisotopic (exact) mass is 253 g/mol. The van der Waals surface area contributed by atoms with Crippen molar-refractivity contribution in [3.8, 4) is 0 Å². The molecule has 0 aliphatic heterocycles. The van der Waals surface area contributed by atoms with E-state index in [0.717, 1.165) is 11.3 Å².